The summed E-state index contributed by atoms with van der Waals surface area (Å²) < 4.78 is 37.2. The van der Waals surface area contributed by atoms with Gasteiger partial charge in [0.15, 0.2) is 0 Å². The van der Waals surface area contributed by atoms with E-state index >= 15 is 0 Å². The van der Waals surface area contributed by atoms with Crippen molar-refractivity contribution in [2.24, 2.45) is 0 Å². The van der Waals surface area contributed by atoms with Crippen molar-refractivity contribution in [1.29, 1.82) is 0 Å². The fraction of sp³-hybridized carbons (Fsp3) is 0.684. The first-order valence-corrected chi connectivity index (χ1v) is 10.7. The van der Waals surface area contributed by atoms with Gasteiger partial charge in [-0.1, -0.05) is 57.7 Å². The summed E-state index contributed by atoms with van der Waals surface area (Å²) in [6.07, 6.45) is 8.14. The molecule has 0 saturated carbocycles. The molecule has 1 rings (SSSR count). The van der Waals surface area contributed by atoms with E-state index in [1.807, 2.05) is 0 Å². The average Bonchev–Trinajstić information content (AvgIpc) is 2.48. The molecule has 5 heteroatoms. The zero-order valence-corrected chi connectivity index (χ0v) is 16.1. The van der Waals surface area contributed by atoms with Gasteiger partial charge in [0.1, 0.15) is 17.6 Å². The minimum atomic E-state index is -4.04. The second-order valence-corrected chi connectivity index (χ2v) is 7.99. The number of ether oxygens (including phenoxy) is 1. The van der Waals surface area contributed by atoms with Crippen molar-refractivity contribution < 1.29 is 17.7 Å². The van der Waals surface area contributed by atoms with Crippen molar-refractivity contribution in [3.8, 4) is 5.75 Å². The highest BCUT2D eigenvalue weighted by molar-refractivity contribution is 7.85. The SMILES string of the molecule is CCCCCc1cccc(CCCCC)c1OC(C)CS(=O)(=O)O. The van der Waals surface area contributed by atoms with Crippen molar-refractivity contribution in [2.45, 2.75) is 78.2 Å². The Bertz CT molecular complexity index is 553. The van der Waals surface area contributed by atoms with E-state index < -0.39 is 16.2 Å². The molecule has 4 nitrogen and oxygen atoms in total. The fourth-order valence-corrected chi connectivity index (χ4v) is 3.51. The summed E-state index contributed by atoms with van der Waals surface area (Å²) in [6.45, 7) is 6.03. The molecule has 1 aromatic rings. The monoisotopic (exact) mass is 356 g/mol. The first-order chi connectivity index (χ1) is 11.4. The van der Waals surface area contributed by atoms with Crippen LogP contribution in [0.5, 0.6) is 5.75 Å². The molecule has 0 heterocycles. The topological polar surface area (TPSA) is 63.6 Å². The molecule has 138 valence electrons. The van der Waals surface area contributed by atoms with Crippen LogP contribution >= 0.6 is 0 Å². The molecule has 0 aliphatic rings. The van der Waals surface area contributed by atoms with Crippen LogP contribution in [0, 0.1) is 0 Å². The normalized spacial score (nSPS) is 13.0. The molecule has 0 aliphatic heterocycles. The number of rotatable bonds is 12. The van der Waals surface area contributed by atoms with Crippen LogP contribution in [0.2, 0.25) is 0 Å². The Labute approximate surface area is 147 Å². The van der Waals surface area contributed by atoms with Crippen LogP contribution in [0.25, 0.3) is 0 Å². The average molecular weight is 357 g/mol. The highest BCUT2D eigenvalue weighted by Gasteiger charge is 2.17. The van der Waals surface area contributed by atoms with Gasteiger partial charge in [0.25, 0.3) is 10.1 Å². The number of hydrogen-bond donors (Lipinski definition) is 1. The second-order valence-electron chi connectivity index (χ2n) is 6.50. The molecule has 0 spiro atoms. The molecule has 1 N–H and O–H groups in total. The molecule has 0 aromatic heterocycles. The maximum Gasteiger partial charge on any atom is 0.268 e. The van der Waals surface area contributed by atoms with Crippen LogP contribution in [-0.4, -0.2) is 24.8 Å². The molecule has 0 bridgehead atoms. The number of hydrogen-bond acceptors (Lipinski definition) is 3. The molecule has 0 saturated heterocycles. The molecule has 1 atom stereocenters. The van der Waals surface area contributed by atoms with E-state index in [2.05, 4.69) is 32.0 Å². The zero-order chi connectivity index (χ0) is 18.0. The van der Waals surface area contributed by atoms with Gasteiger partial charge in [-0.25, -0.2) is 0 Å². The minimum absolute atomic E-state index is 0.384. The van der Waals surface area contributed by atoms with Gasteiger partial charge in [0, 0.05) is 0 Å². The quantitative estimate of drug-likeness (QED) is 0.431. The Balaban J connectivity index is 2.94. The number of para-hydroxylation sites is 1. The molecule has 24 heavy (non-hydrogen) atoms. The van der Waals surface area contributed by atoms with Crippen LogP contribution < -0.4 is 4.74 Å². The maximum absolute atomic E-state index is 11.1. The summed E-state index contributed by atoms with van der Waals surface area (Å²) in [6, 6.07) is 6.19. The largest absolute Gasteiger partial charge is 0.489 e. The molecule has 0 fully saturated rings. The Hall–Kier alpha value is -1.07. The molecule has 0 amide bonds. The van der Waals surface area contributed by atoms with E-state index in [9.17, 15) is 8.42 Å². The molecule has 0 radical (unpaired) electrons. The Morgan fingerprint density at radius 3 is 1.92 bits per heavy atom. The van der Waals surface area contributed by atoms with Gasteiger partial charge in [-0.2, -0.15) is 8.42 Å². The van der Waals surface area contributed by atoms with Gasteiger partial charge in [-0.15, -0.1) is 0 Å². The smallest absolute Gasteiger partial charge is 0.268 e. The first-order valence-electron chi connectivity index (χ1n) is 9.10. The van der Waals surface area contributed by atoms with Crippen LogP contribution in [0.4, 0.5) is 0 Å². The van der Waals surface area contributed by atoms with E-state index in [0.717, 1.165) is 55.4 Å². The summed E-state index contributed by atoms with van der Waals surface area (Å²) in [5.74, 6) is 0.436. The lowest BCUT2D eigenvalue weighted by Crippen LogP contribution is -2.24. The number of unbranched alkanes of at least 4 members (excludes halogenated alkanes) is 4. The minimum Gasteiger partial charge on any atom is -0.489 e. The summed E-state index contributed by atoms with van der Waals surface area (Å²) in [5.41, 5.74) is 2.28. The molecule has 1 aromatic carbocycles. The molecule has 1 unspecified atom stereocenters. The summed E-state index contributed by atoms with van der Waals surface area (Å²) in [7, 11) is -4.04. The lowest BCUT2D eigenvalue weighted by molar-refractivity contribution is 0.236. The van der Waals surface area contributed by atoms with E-state index in [1.54, 1.807) is 6.92 Å². The Morgan fingerprint density at radius 1 is 1.00 bits per heavy atom. The van der Waals surface area contributed by atoms with Crippen molar-refractivity contribution in [3.05, 3.63) is 29.3 Å². The highest BCUT2D eigenvalue weighted by Crippen LogP contribution is 2.29. The lowest BCUT2D eigenvalue weighted by atomic mass is 9.99. The molecular formula is C19H32O4S. The zero-order valence-electron chi connectivity index (χ0n) is 15.3. The summed E-state index contributed by atoms with van der Waals surface area (Å²) >= 11 is 0. The van der Waals surface area contributed by atoms with Gasteiger partial charge < -0.3 is 4.74 Å². The number of benzene rings is 1. The summed E-state index contributed by atoms with van der Waals surface area (Å²) in [5, 5.41) is 0. The van der Waals surface area contributed by atoms with E-state index in [-0.39, 0.29) is 5.75 Å². The standard InChI is InChI=1S/C19H32O4S/c1-4-6-8-11-17-13-10-14-18(12-9-7-5-2)19(17)23-16(3)15-24(20,21)22/h10,13-14,16H,4-9,11-12,15H2,1-3H3,(H,20,21,22). The molecular weight excluding hydrogens is 324 g/mol. The van der Waals surface area contributed by atoms with Crippen LogP contribution in [0.1, 0.15) is 70.4 Å². The van der Waals surface area contributed by atoms with Gasteiger partial charge in [0.05, 0.1) is 0 Å². The van der Waals surface area contributed by atoms with E-state index in [0.29, 0.717) is 0 Å². The highest BCUT2D eigenvalue weighted by atomic mass is 32.2. The van der Waals surface area contributed by atoms with Gasteiger partial charge in [-0.3, -0.25) is 4.55 Å². The first kappa shape index (κ1) is 21.0. The van der Waals surface area contributed by atoms with Crippen molar-refractivity contribution in [2.75, 3.05) is 5.75 Å². The molecule has 0 aliphatic carbocycles. The van der Waals surface area contributed by atoms with Gasteiger partial charge in [0.2, 0.25) is 0 Å². The van der Waals surface area contributed by atoms with E-state index in [1.165, 1.54) is 12.8 Å². The Morgan fingerprint density at radius 2 is 1.50 bits per heavy atom. The predicted molar refractivity (Wildman–Crippen MR) is 99.4 cm³/mol. The third kappa shape index (κ3) is 8.15. The van der Waals surface area contributed by atoms with Gasteiger partial charge in [-0.05, 0) is 43.7 Å². The van der Waals surface area contributed by atoms with Gasteiger partial charge >= 0.3 is 0 Å². The van der Waals surface area contributed by atoms with Crippen LogP contribution in [0.3, 0.4) is 0 Å². The third-order valence-electron chi connectivity index (χ3n) is 4.04. The summed E-state index contributed by atoms with van der Waals surface area (Å²) in [4.78, 5) is 0. The fourth-order valence-electron chi connectivity index (χ4n) is 2.85. The third-order valence-corrected chi connectivity index (χ3v) is 4.93. The van der Waals surface area contributed by atoms with E-state index in [4.69, 9.17) is 9.29 Å². The van der Waals surface area contributed by atoms with Crippen LogP contribution in [0.15, 0.2) is 18.2 Å². The second kappa shape index (κ2) is 10.7. The van der Waals surface area contributed by atoms with Crippen LogP contribution in [-0.2, 0) is 23.0 Å². The van der Waals surface area contributed by atoms with Crippen molar-refractivity contribution in [1.82, 2.24) is 0 Å². The maximum atomic E-state index is 11.1. The lowest BCUT2D eigenvalue weighted by Gasteiger charge is -2.20. The predicted octanol–water partition coefficient (Wildman–Crippen LogP) is 4.81. The van der Waals surface area contributed by atoms with Crippen molar-refractivity contribution in [3.63, 3.8) is 0 Å². The van der Waals surface area contributed by atoms with Crippen molar-refractivity contribution >= 4 is 10.1 Å². The number of aryl methyl sites for hydroxylation is 2. The Kier molecular flexibility index (Phi) is 9.37.